The van der Waals surface area contributed by atoms with Gasteiger partial charge in [0.2, 0.25) is 0 Å². The monoisotopic (exact) mass is 266 g/mol. The van der Waals surface area contributed by atoms with E-state index in [4.69, 9.17) is 4.74 Å². The maximum Gasteiger partial charge on any atom is 0.146 e. The summed E-state index contributed by atoms with van der Waals surface area (Å²) in [4.78, 5) is 7.80. The molecule has 0 atom stereocenters. The minimum Gasteiger partial charge on any atom is -0.485 e. The zero-order chi connectivity index (χ0) is 14.1. The number of nitrogens with one attached hydrogen (secondary N) is 1. The molecule has 0 aliphatic carbocycles. The van der Waals surface area contributed by atoms with Gasteiger partial charge in [-0.1, -0.05) is 29.8 Å². The normalized spacial score (nSPS) is 10.9. The van der Waals surface area contributed by atoms with Crippen LogP contribution in [0.4, 0.5) is 0 Å². The van der Waals surface area contributed by atoms with Crippen molar-refractivity contribution in [3.63, 3.8) is 0 Å². The van der Waals surface area contributed by atoms with Crippen LogP contribution in [0.2, 0.25) is 0 Å². The van der Waals surface area contributed by atoms with E-state index in [0.717, 1.165) is 22.6 Å². The van der Waals surface area contributed by atoms with E-state index in [-0.39, 0.29) is 0 Å². The number of para-hydroxylation sites is 2. The highest BCUT2D eigenvalue weighted by atomic mass is 16.5. The van der Waals surface area contributed by atoms with Crippen LogP contribution >= 0.6 is 0 Å². The number of H-pyrrole nitrogens is 1. The molecular formula is C17H18N2O. The van der Waals surface area contributed by atoms with Crippen LogP contribution in [0.25, 0.3) is 11.0 Å². The van der Waals surface area contributed by atoms with Crippen molar-refractivity contribution >= 4 is 11.0 Å². The van der Waals surface area contributed by atoms with E-state index in [0.29, 0.717) is 6.61 Å². The van der Waals surface area contributed by atoms with Crippen molar-refractivity contribution in [3.05, 3.63) is 58.9 Å². The van der Waals surface area contributed by atoms with Crippen molar-refractivity contribution in [3.8, 4) is 5.75 Å². The molecule has 102 valence electrons. The second-order valence-corrected chi connectivity index (χ2v) is 5.22. The first-order chi connectivity index (χ1) is 9.63. The SMILES string of the molecule is Cc1cc(C)c(OCc2nc3ccccc3[nH]2)c(C)c1. The van der Waals surface area contributed by atoms with Crippen LogP contribution in [-0.4, -0.2) is 9.97 Å². The first-order valence-electron chi connectivity index (χ1n) is 6.78. The molecule has 1 aromatic heterocycles. The molecule has 0 bridgehead atoms. The number of nitrogens with zero attached hydrogens (tertiary/aromatic N) is 1. The van der Waals surface area contributed by atoms with Gasteiger partial charge in [-0.2, -0.15) is 0 Å². The molecule has 0 aliphatic heterocycles. The Morgan fingerprint density at radius 1 is 1.05 bits per heavy atom. The van der Waals surface area contributed by atoms with Gasteiger partial charge in [-0.25, -0.2) is 4.98 Å². The maximum atomic E-state index is 5.94. The third-order valence-corrected chi connectivity index (χ3v) is 3.40. The van der Waals surface area contributed by atoms with Gasteiger partial charge in [0.25, 0.3) is 0 Å². The Morgan fingerprint density at radius 3 is 2.45 bits per heavy atom. The van der Waals surface area contributed by atoms with Crippen molar-refractivity contribution in [2.75, 3.05) is 0 Å². The molecule has 0 saturated carbocycles. The lowest BCUT2D eigenvalue weighted by Gasteiger charge is -2.12. The molecule has 0 aliphatic rings. The summed E-state index contributed by atoms with van der Waals surface area (Å²) in [6, 6.07) is 12.3. The zero-order valence-corrected chi connectivity index (χ0v) is 12.0. The molecule has 3 aromatic rings. The summed E-state index contributed by atoms with van der Waals surface area (Å²) in [6.07, 6.45) is 0. The average Bonchev–Trinajstić information content (AvgIpc) is 2.80. The van der Waals surface area contributed by atoms with Crippen molar-refractivity contribution < 1.29 is 4.74 Å². The molecule has 2 aromatic carbocycles. The molecule has 3 nitrogen and oxygen atoms in total. The van der Waals surface area contributed by atoms with E-state index in [1.807, 2.05) is 24.3 Å². The standard InChI is InChI=1S/C17H18N2O/c1-11-8-12(2)17(13(3)9-11)20-10-16-18-14-6-4-5-7-15(14)19-16/h4-9H,10H2,1-3H3,(H,18,19). The summed E-state index contributed by atoms with van der Waals surface area (Å²) in [5, 5.41) is 0. The fourth-order valence-electron chi connectivity index (χ4n) is 2.61. The van der Waals surface area contributed by atoms with Gasteiger partial charge in [0, 0.05) is 0 Å². The highest BCUT2D eigenvalue weighted by molar-refractivity contribution is 5.74. The van der Waals surface area contributed by atoms with Crippen LogP contribution in [0.15, 0.2) is 36.4 Å². The van der Waals surface area contributed by atoms with Gasteiger partial charge in [-0.3, -0.25) is 0 Å². The van der Waals surface area contributed by atoms with Gasteiger partial charge in [0.15, 0.2) is 0 Å². The van der Waals surface area contributed by atoms with Crippen LogP contribution in [0.3, 0.4) is 0 Å². The molecule has 1 N–H and O–H groups in total. The minimum atomic E-state index is 0.458. The van der Waals surface area contributed by atoms with Gasteiger partial charge >= 0.3 is 0 Å². The van der Waals surface area contributed by atoms with Crippen molar-refractivity contribution in [1.29, 1.82) is 0 Å². The van der Waals surface area contributed by atoms with Crippen molar-refractivity contribution in [1.82, 2.24) is 9.97 Å². The highest BCUT2D eigenvalue weighted by Gasteiger charge is 2.07. The van der Waals surface area contributed by atoms with Gasteiger partial charge in [-0.05, 0) is 44.0 Å². The smallest absolute Gasteiger partial charge is 0.146 e. The Bertz CT molecular complexity index is 703. The summed E-state index contributed by atoms with van der Waals surface area (Å²) in [5.74, 6) is 1.81. The number of fused-ring (bicyclic) bond motifs is 1. The Morgan fingerprint density at radius 2 is 1.75 bits per heavy atom. The Kier molecular flexibility index (Phi) is 3.18. The molecule has 0 amide bonds. The average molecular weight is 266 g/mol. The minimum absolute atomic E-state index is 0.458. The number of aromatic nitrogens is 2. The Balaban J connectivity index is 1.83. The lowest BCUT2D eigenvalue weighted by Crippen LogP contribution is -2.01. The van der Waals surface area contributed by atoms with Crippen molar-refractivity contribution in [2.45, 2.75) is 27.4 Å². The number of aromatic amines is 1. The van der Waals surface area contributed by atoms with Crippen LogP contribution in [0.1, 0.15) is 22.5 Å². The molecule has 0 radical (unpaired) electrons. The topological polar surface area (TPSA) is 37.9 Å². The van der Waals surface area contributed by atoms with E-state index < -0.39 is 0 Å². The molecule has 20 heavy (non-hydrogen) atoms. The van der Waals surface area contributed by atoms with Crippen molar-refractivity contribution in [2.24, 2.45) is 0 Å². The first kappa shape index (κ1) is 12.7. The Hall–Kier alpha value is -2.29. The summed E-state index contributed by atoms with van der Waals surface area (Å²) in [6.45, 7) is 6.71. The number of aryl methyl sites for hydroxylation is 3. The molecule has 3 rings (SSSR count). The predicted octanol–water partition coefficient (Wildman–Crippen LogP) is 4.07. The largest absolute Gasteiger partial charge is 0.485 e. The maximum absolute atomic E-state index is 5.94. The van der Waals surface area contributed by atoms with Crippen LogP contribution in [0.5, 0.6) is 5.75 Å². The van der Waals surface area contributed by atoms with E-state index in [1.165, 1.54) is 16.7 Å². The summed E-state index contributed by atoms with van der Waals surface area (Å²) < 4.78 is 5.94. The van der Waals surface area contributed by atoms with Crippen LogP contribution in [0, 0.1) is 20.8 Å². The summed E-state index contributed by atoms with van der Waals surface area (Å²) >= 11 is 0. The molecule has 3 heteroatoms. The fraction of sp³-hybridized carbons (Fsp3) is 0.235. The quantitative estimate of drug-likeness (QED) is 0.776. The van der Waals surface area contributed by atoms with Gasteiger partial charge < -0.3 is 9.72 Å². The van der Waals surface area contributed by atoms with E-state index >= 15 is 0 Å². The third kappa shape index (κ3) is 2.39. The summed E-state index contributed by atoms with van der Waals surface area (Å²) in [5.41, 5.74) is 5.61. The van der Waals surface area contributed by atoms with Gasteiger partial charge in [-0.15, -0.1) is 0 Å². The molecule has 0 fully saturated rings. The van der Waals surface area contributed by atoms with E-state index in [9.17, 15) is 0 Å². The van der Waals surface area contributed by atoms with E-state index in [1.54, 1.807) is 0 Å². The number of hydrogen-bond donors (Lipinski definition) is 1. The number of rotatable bonds is 3. The van der Waals surface area contributed by atoms with Crippen LogP contribution < -0.4 is 4.74 Å². The lowest BCUT2D eigenvalue weighted by molar-refractivity contribution is 0.293. The number of benzene rings is 2. The highest BCUT2D eigenvalue weighted by Crippen LogP contribution is 2.25. The zero-order valence-electron chi connectivity index (χ0n) is 12.0. The molecule has 0 saturated heterocycles. The molecule has 0 spiro atoms. The molecular weight excluding hydrogens is 248 g/mol. The molecule has 1 heterocycles. The number of ether oxygens (including phenoxy) is 1. The first-order valence-corrected chi connectivity index (χ1v) is 6.78. The lowest BCUT2D eigenvalue weighted by atomic mass is 10.1. The molecule has 0 unspecified atom stereocenters. The van der Waals surface area contributed by atoms with E-state index in [2.05, 4.69) is 42.9 Å². The number of hydrogen-bond acceptors (Lipinski definition) is 2. The Labute approximate surface area is 118 Å². The summed E-state index contributed by atoms with van der Waals surface area (Å²) in [7, 11) is 0. The predicted molar refractivity (Wildman–Crippen MR) is 81.1 cm³/mol. The fourth-order valence-corrected chi connectivity index (χ4v) is 2.61. The van der Waals surface area contributed by atoms with Gasteiger partial charge in [0.05, 0.1) is 11.0 Å². The second-order valence-electron chi connectivity index (χ2n) is 5.22. The second kappa shape index (κ2) is 5.00. The van der Waals surface area contributed by atoms with Gasteiger partial charge in [0.1, 0.15) is 18.2 Å². The van der Waals surface area contributed by atoms with Crippen LogP contribution in [-0.2, 0) is 6.61 Å². The third-order valence-electron chi connectivity index (χ3n) is 3.40. The number of imidazole rings is 1.